The van der Waals surface area contributed by atoms with E-state index in [1.165, 1.54) is 15.8 Å². The largest absolute Gasteiger partial charge is 0.374 e. The molecule has 0 spiro atoms. The number of likely N-dealkylation sites (N-methyl/N-ethyl adjacent to an activating group) is 1. The second-order valence-corrected chi connectivity index (χ2v) is 8.00. The maximum Gasteiger partial charge on any atom is 0.260 e. The molecule has 2 atom stereocenters. The quantitative estimate of drug-likeness (QED) is 0.431. The molecule has 0 saturated carbocycles. The Balaban J connectivity index is 1.39. The van der Waals surface area contributed by atoms with E-state index in [-0.39, 0.29) is 18.2 Å². The van der Waals surface area contributed by atoms with Crippen molar-refractivity contribution in [3.63, 3.8) is 0 Å². The molecule has 2 N–H and O–H groups in total. The van der Waals surface area contributed by atoms with Gasteiger partial charge in [0, 0.05) is 38.6 Å². The summed E-state index contributed by atoms with van der Waals surface area (Å²) in [6.45, 7) is 2.38. The molecule has 5 rings (SSSR count). The number of amides is 1. The van der Waals surface area contributed by atoms with Gasteiger partial charge in [0.05, 0.1) is 23.6 Å². The number of aliphatic hydroxyl groups is 1. The number of anilines is 1. The molecule has 0 bridgehead atoms. The van der Waals surface area contributed by atoms with Gasteiger partial charge in [-0.05, 0) is 31.2 Å². The number of pyridine rings is 1. The van der Waals surface area contributed by atoms with Gasteiger partial charge in [0.2, 0.25) is 5.95 Å². The predicted octanol–water partition coefficient (Wildman–Crippen LogP) is 1.13. The summed E-state index contributed by atoms with van der Waals surface area (Å²) in [6.07, 6.45) is 6.79. The Morgan fingerprint density at radius 2 is 1.85 bits per heavy atom. The molecule has 1 aliphatic rings. The van der Waals surface area contributed by atoms with Crippen LogP contribution in [0.3, 0.4) is 0 Å². The van der Waals surface area contributed by atoms with E-state index in [2.05, 4.69) is 40.5 Å². The summed E-state index contributed by atoms with van der Waals surface area (Å²) in [5.74, 6) is 1.13. The maximum atomic E-state index is 12.4. The van der Waals surface area contributed by atoms with Crippen LogP contribution in [0.25, 0.3) is 17.2 Å². The minimum absolute atomic E-state index is 0.188. The first kappa shape index (κ1) is 21.5. The Labute approximate surface area is 194 Å². The second kappa shape index (κ2) is 8.56. The lowest BCUT2D eigenvalue weighted by atomic mass is 9.99. The van der Waals surface area contributed by atoms with Crippen LogP contribution in [0, 0.1) is 0 Å². The number of carbonyl (C=O) groups excluding carboxylic acids is 1. The number of aromatic nitrogens is 8. The molecule has 34 heavy (non-hydrogen) atoms. The van der Waals surface area contributed by atoms with Crippen LogP contribution in [0.2, 0.25) is 0 Å². The molecule has 0 radical (unpaired) electrons. The van der Waals surface area contributed by atoms with Gasteiger partial charge in [-0.1, -0.05) is 11.3 Å². The Kier molecular flexibility index (Phi) is 5.42. The van der Waals surface area contributed by atoms with Crippen LogP contribution < -0.4 is 5.32 Å². The molecule has 12 nitrogen and oxygen atoms in total. The Hall–Kier alpha value is -4.32. The second-order valence-electron chi connectivity index (χ2n) is 8.00. The lowest BCUT2D eigenvalue weighted by Crippen LogP contribution is -2.36. The van der Waals surface area contributed by atoms with Gasteiger partial charge in [-0.3, -0.25) is 4.79 Å². The van der Waals surface area contributed by atoms with Gasteiger partial charge in [0.25, 0.3) is 5.91 Å². The van der Waals surface area contributed by atoms with Crippen LogP contribution >= 0.6 is 0 Å². The van der Waals surface area contributed by atoms with Crippen molar-refractivity contribution in [2.45, 2.75) is 25.0 Å². The van der Waals surface area contributed by atoms with Gasteiger partial charge in [0.1, 0.15) is 11.5 Å². The number of carbonyl (C=O) groups is 1. The van der Waals surface area contributed by atoms with Crippen LogP contribution in [-0.2, 0) is 10.4 Å². The molecule has 172 valence electrons. The molecule has 0 aliphatic carbocycles. The van der Waals surface area contributed by atoms with Gasteiger partial charge in [0.15, 0.2) is 11.4 Å². The van der Waals surface area contributed by atoms with E-state index in [1.54, 1.807) is 43.8 Å². The Morgan fingerprint density at radius 1 is 1.06 bits per heavy atom. The van der Waals surface area contributed by atoms with E-state index in [9.17, 15) is 9.90 Å². The van der Waals surface area contributed by atoms with Gasteiger partial charge in [-0.15, -0.1) is 5.10 Å². The van der Waals surface area contributed by atoms with Gasteiger partial charge >= 0.3 is 0 Å². The van der Waals surface area contributed by atoms with Crippen molar-refractivity contribution in [2.75, 3.05) is 18.9 Å². The monoisotopic (exact) mass is 458 g/mol. The first-order valence-corrected chi connectivity index (χ1v) is 10.7. The molecule has 1 amide bonds. The summed E-state index contributed by atoms with van der Waals surface area (Å²) in [6, 6.07) is 8.72. The number of likely N-dealkylation sites (tertiary alicyclic amines) is 1. The van der Waals surface area contributed by atoms with Crippen molar-refractivity contribution in [1.29, 1.82) is 0 Å². The molecule has 1 fully saturated rings. The van der Waals surface area contributed by atoms with Crippen LogP contribution in [0.1, 0.15) is 30.9 Å². The number of nitrogens with zero attached hydrogens (tertiary/aromatic N) is 9. The van der Waals surface area contributed by atoms with Crippen molar-refractivity contribution in [3.05, 3.63) is 66.6 Å². The molecule has 0 aromatic carbocycles. The summed E-state index contributed by atoms with van der Waals surface area (Å²) in [5, 5.41) is 22.1. The first-order valence-electron chi connectivity index (χ1n) is 10.7. The zero-order valence-corrected chi connectivity index (χ0v) is 18.6. The molecule has 4 aromatic rings. The topological polar surface area (TPSA) is 148 Å². The van der Waals surface area contributed by atoms with Crippen LogP contribution in [0.4, 0.5) is 5.95 Å². The summed E-state index contributed by atoms with van der Waals surface area (Å²) in [7, 11) is 1.65. The van der Waals surface area contributed by atoms with E-state index in [1.807, 2.05) is 19.1 Å². The Morgan fingerprint density at radius 3 is 2.62 bits per heavy atom. The third-order valence-electron chi connectivity index (χ3n) is 5.63. The number of nitrogens with one attached hydrogen (secondary N) is 1. The first-order chi connectivity index (χ1) is 16.4. The lowest BCUT2D eigenvalue weighted by Gasteiger charge is -2.17. The average molecular weight is 458 g/mol. The minimum atomic E-state index is -1.67. The molecular weight excluding hydrogens is 436 g/mol. The van der Waals surface area contributed by atoms with E-state index >= 15 is 0 Å². The van der Waals surface area contributed by atoms with Crippen molar-refractivity contribution < 1.29 is 9.90 Å². The average Bonchev–Trinajstić information content (AvgIpc) is 3.47. The molecule has 1 aliphatic heterocycles. The highest BCUT2D eigenvalue weighted by Crippen LogP contribution is 2.31. The number of hydrogen-bond acceptors (Lipinski definition) is 10. The lowest BCUT2D eigenvalue weighted by molar-refractivity contribution is -0.143. The third-order valence-corrected chi connectivity index (χ3v) is 5.63. The van der Waals surface area contributed by atoms with Crippen molar-refractivity contribution in [3.8, 4) is 17.2 Å². The number of rotatable bonds is 6. The Bertz CT molecular complexity index is 1330. The van der Waals surface area contributed by atoms with E-state index in [4.69, 9.17) is 0 Å². The van der Waals surface area contributed by atoms with E-state index in [0.29, 0.717) is 35.5 Å². The van der Waals surface area contributed by atoms with E-state index in [0.717, 1.165) is 0 Å². The standard InChI is InChI=1S/C22H22N10O2/c1-14(19-23-9-4-10-24-19)26-21-25-11-7-16(28-21)15-5-3-6-18(27-15)32-13-17(29-30-32)22(34)8-12-31(2)20(22)33/h3-7,9-11,13-14,34H,8,12H2,1-2H3,(H,25,26,28)/t14-,22-/m1/s1. The van der Waals surface area contributed by atoms with Gasteiger partial charge in [-0.25, -0.2) is 29.6 Å². The summed E-state index contributed by atoms with van der Waals surface area (Å²) >= 11 is 0. The summed E-state index contributed by atoms with van der Waals surface area (Å²) in [4.78, 5) is 35.8. The molecule has 5 heterocycles. The highest BCUT2D eigenvalue weighted by molar-refractivity contribution is 5.87. The van der Waals surface area contributed by atoms with Crippen LogP contribution in [-0.4, -0.2) is 69.4 Å². The zero-order valence-electron chi connectivity index (χ0n) is 18.6. The third kappa shape index (κ3) is 3.94. The predicted molar refractivity (Wildman–Crippen MR) is 120 cm³/mol. The van der Waals surface area contributed by atoms with Crippen LogP contribution in [0.15, 0.2) is 55.1 Å². The number of hydrogen-bond donors (Lipinski definition) is 2. The fraction of sp³-hybridized carbons (Fsp3) is 0.273. The smallest absolute Gasteiger partial charge is 0.260 e. The van der Waals surface area contributed by atoms with Crippen LogP contribution in [0.5, 0.6) is 0 Å². The maximum absolute atomic E-state index is 12.4. The fourth-order valence-electron chi connectivity index (χ4n) is 3.71. The highest BCUT2D eigenvalue weighted by Gasteiger charge is 2.47. The highest BCUT2D eigenvalue weighted by atomic mass is 16.3. The molecule has 0 unspecified atom stereocenters. The molecule has 1 saturated heterocycles. The van der Waals surface area contributed by atoms with Gasteiger partial charge < -0.3 is 15.3 Å². The SMILES string of the molecule is C[C@@H](Nc1nccc(-c2cccc(-n3cc([C@]4(O)CCN(C)C4=O)nn3)n2)n1)c1ncccn1. The summed E-state index contributed by atoms with van der Waals surface area (Å²) < 4.78 is 1.43. The molecule has 12 heteroatoms. The van der Waals surface area contributed by atoms with Gasteiger partial charge in [-0.2, -0.15) is 0 Å². The molecule has 4 aromatic heterocycles. The normalized spacial score (nSPS) is 18.8. The van der Waals surface area contributed by atoms with Crippen molar-refractivity contribution >= 4 is 11.9 Å². The fourth-order valence-corrected chi connectivity index (χ4v) is 3.71. The van der Waals surface area contributed by atoms with Crippen molar-refractivity contribution in [1.82, 2.24) is 44.8 Å². The summed E-state index contributed by atoms with van der Waals surface area (Å²) in [5.41, 5.74) is -0.275. The van der Waals surface area contributed by atoms with Crippen molar-refractivity contribution in [2.24, 2.45) is 0 Å². The van der Waals surface area contributed by atoms with E-state index < -0.39 is 11.5 Å². The zero-order chi connectivity index (χ0) is 23.7. The minimum Gasteiger partial charge on any atom is -0.374 e. The molecular formula is C22H22N10O2.